The van der Waals surface area contributed by atoms with Gasteiger partial charge in [0.2, 0.25) is 0 Å². The van der Waals surface area contributed by atoms with Crippen molar-refractivity contribution in [3.63, 3.8) is 0 Å². The van der Waals surface area contributed by atoms with Gasteiger partial charge >= 0.3 is 0 Å². The van der Waals surface area contributed by atoms with E-state index in [4.69, 9.17) is 11.0 Å². The van der Waals surface area contributed by atoms with Crippen molar-refractivity contribution < 1.29 is 8.78 Å². The van der Waals surface area contributed by atoms with Crippen LogP contribution in [0, 0.1) is 23.0 Å². The normalized spacial score (nSPS) is 11.3. The summed E-state index contributed by atoms with van der Waals surface area (Å²) < 4.78 is 25.4. The molecule has 0 heterocycles. The van der Waals surface area contributed by atoms with Crippen LogP contribution in [0.5, 0.6) is 0 Å². The monoisotopic (exact) mass is 218 g/mol. The zero-order valence-corrected chi connectivity index (χ0v) is 8.02. The van der Waals surface area contributed by atoms with E-state index in [2.05, 4.69) is 0 Å². The highest BCUT2D eigenvalue weighted by Gasteiger charge is 2.11. The first-order valence-corrected chi connectivity index (χ1v) is 3.72. The molecular formula is C9H9ClF2N2. The van der Waals surface area contributed by atoms with Crippen molar-refractivity contribution in [3.8, 4) is 6.07 Å². The molecular weight excluding hydrogens is 210 g/mol. The van der Waals surface area contributed by atoms with Gasteiger partial charge in [-0.3, -0.25) is 0 Å². The summed E-state index contributed by atoms with van der Waals surface area (Å²) in [6.45, 7) is 0. The molecule has 2 N–H and O–H groups in total. The molecule has 1 aromatic carbocycles. The van der Waals surface area contributed by atoms with Gasteiger partial charge in [0.25, 0.3) is 0 Å². The summed E-state index contributed by atoms with van der Waals surface area (Å²) in [5.74, 6) is -1.35. The van der Waals surface area contributed by atoms with E-state index in [1.165, 1.54) is 6.07 Å². The second kappa shape index (κ2) is 5.53. The molecule has 0 bridgehead atoms. The van der Waals surface area contributed by atoms with Gasteiger partial charge in [-0.25, -0.2) is 8.78 Å². The van der Waals surface area contributed by atoms with Crippen LogP contribution in [0.1, 0.15) is 18.0 Å². The molecule has 1 rings (SSSR count). The number of halogens is 3. The summed E-state index contributed by atoms with van der Waals surface area (Å²) in [6.07, 6.45) is 0.0164. The summed E-state index contributed by atoms with van der Waals surface area (Å²) in [5, 5.41) is 8.32. The summed E-state index contributed by atoms with van der Waals surface area (Å²) in [6, 6.07) is 4.27. The van der Waals surface area contributed by atoms with Crippen molar-refractivity contribution in [2.75, 3.05) is 0 Å². The fraction of sp³-hybridized carbons (Fsp3) is 0.222. The van der Waals surface area contributed by atoms with Crippen molar-refractivity contribution in [2.45, 2.75) is 12.5 Å². The number of hydrogen-bond acceptors (Lipinski definition) is 2. The van der Waals surface area contributed by atoms with Crippen LogP contribution in [0.2, 0.25) is 0 Å². The highest BCUT2D eigenvalue weighted by atomic mass is 35.5. The average molecular weight is 219 g/mol. The van der Waals surface area contributed by atoms with Gasteiger partial charge < -0.3 is 5.73 Å². The van der Waals surface area contributed by atoms with Crippen LogP contribution in [0.15, 0.2) is 18.2 Å². The number of nitrogens with two attached hydrogens (primary N) is 1. The lowest BCUT2D eigenvalue weighted by atomic mass is 10.0. The summed E-state index contributed by atoms with van der Waals surface area (Å²) >= 11 is 0. The van der Waals surface area contributed by atoms with Gasteiger partial charge in [-0.1, -0.05) is 6.07 Å². The Labute approximate surface area is 86.7 Å². The highest BCUT2D eigenvalue weighted by molar-refractivity contribution is 5.85. The number of nitriles is 1. The Morgan fingerprint density at radius 2 is 2.07 bits per heavy atom. The molecule has 0 spiro atoms. The first kappa shape index (κ1) is 12.8. The minimum Gasteiger partial charge on any atom is -0.323 e. The standard InChI is InChI=1S/C9H8F2N2.ClH/c10-6-1-2-7(8(11)5-6)9(13)3-4-12;/h1-2,5,9H,3,13H2;1H/t9-;/m0./s1. The predicted molar refractivity (Wildman–Crippen MR) is 50.8 cm³/mol. The topological polar surface area (TPSA) is 49.8 Å². The zero-order valence-electron chi connectivity index (χ0n) is 7.21. The maximum atomic E-state index is 13.0. The highest BCUT2D eigenvalue weighted by Crippen LogP contribution is 2.18. The van der Waals surface area contributed by atoms with Gasteiger partial charge in [0.15, 0.2) is 0 Å². The fourth-order valence-corrected chi connectivity index (χ4v) is 1.01. The third-order valence-electron chi connectivity index (χ3n) is 1.67. The van der Waals surface area contributed by atoms with E-state index in [1.807, 2.05) is 6.07 Å². The molecule has 14 heavy (non-hydrogen) atoms. The molecule has 0 aliphatic rings. The number of nitrogens with zero attached hydrogens (tertiary/aromatic N) is 1. The second-order valence-electron chi connectivity index (χ2n) is 2.63. The van der Waals surface area contributed by atoms with Crippen molar-refractivity contribution in [1.82, 2.24) is 0 Å². The van der Waals surface area contributed by atoms with E-state index < -0.39 is 17.7 Å². The van der Waals surface area contributed by atoms with Gasteiger partial charge in [-0.15, -0.1) is 12.4 Å². The first-order valence-electron chi connectivity index (χ1n) is 3.72. The zero-order chi connectivity index (χ0) is 9.84. The van der Waals surface area contributed by atoms with Crippen LogP contribution in [-0.2, 0) is 0 Å². The van der Waals surface area contributed by atoms with Crippen LogP contribution in [-0.4, -0.2) is 0 Å². The van der Waals surface area contributed by atoms with Crippen LogP contribution in [0.3, 0.4) is 0 Å². The Bertz CT molecular complexity index is 349. The molecule has 0 aliphatic heterocycles. The Kier molecular flexibility index (Phi) is 5.06. The molecule has 0 amide bonds. The second-order valence-corrected chi connectivity index (χ2v) is 2.63. The molecule has 0 saturated carbocycles. The van der Waals surface area contributed by atoms with E-state index in [1.54, 1.807) is 0 Å². The number of rotatable bonds is 2. The van der Waals surface area contributed by atoms with E-state index in [-0.39, 0.29) is 24.4 Å². The first-order chi connectivity index (χ1) is 6.15. The molecule has 76 valence electrons. The lowest BCUT2D eigenvalue weighted by molar-refractivity contribution is 0.557. The minimum atomic E-state index is -0.706. The van der Waals surface area contributed by atoms with Gasteiger partial charge in [0.05, 0.1) is 12.5 Å². The van der Waals surface area contributed by atoms with Crippen molar-refractivity contribution >= 4 is 12.4 Å². The van der Waals surface area contributed by atoms with Gasteiger partial charge in [-0.2, -0.15) is 5.26 Å². The summed E-state index contributed by atoms with van der Waals surface area (Å²) in [7, 11) is 0. The number of benzene rings is 1. The molecule has 0 aliphatic carbocycles. The van der Waals surface area contributed by atoms with Gasteiger partial charge in [0, 0.05) is 17.7 Å². The molecule has 1 aromatic rings. The molecule has 2 nitrogen and oxygen atoms in total. The summed E-state index contributed by atoms with van der Waals surface area (Å²) in [5.41, 5.74) is 5.64. The lowest BCUT2D eigenvalue weighted by Crippen LogP contribution is -2.11. The Morgan fingerprint density at radius 3 is 2.57 bits per heavy atom. The van der Waals surface area contributed by atoms with Crippen LogP contribution in [0.25, 0.3) is 0 Å². The molecule has 0 aromatic heterocycles. The SMILES string of the molecule is Cl.N#CC[C@H](N)c1ccc(F)cc1F. The predicted octanol–water partition coefficient (Wildman–Crippen LogP) is 2.30. The Hall–Kier alpha value is -1.18. The van der Waals surface area contributed by atoms with Crippen molar-refractivity contribution in [1.29, 1.82) is 5.26 Å². The van der Waals surface area contributed by atoms with Crippen molar-refractivity contribution in [3.05, 3.63) is 35.4 Å². The Balaban J connectivity index is 0.00000169. The summed E-state index contributed by atoms with van der Waals surface area (Å²) in [4.78, 5) is 0. The third kappa shape index (κ3) is 2.95. The van der Waals surface area contributed by atoms with E-state index in [9.17, 15) is 8.78 Å². The van der Waals surface area contributed by atoms with Gasteiger partial charge in [-0.05, 0) is 6.07 Å². The quantitative estimate of drug-likeness (QED) is 0.828. The molecule has 0 fully saturated rings. The molecule has 1 atom stereocenters. The molecule has 5 heteroatoms. The maximum absolute atomic E-state index is 13.0. The molecule has 0 radical (unpaired) electrons. The molecule has 0 unspecified atom stereocenters. The maximum Gasteiger partial charge on any atom is 0.130 e. The Morgan fingerprint density at radius 1 is 1.43 bits per heavy atom. The minimum absolute atomic E-state index is 0. The lowest BCUT2D eigenvalue weighted by Gasteiger charge is -2.08. The largest absolute Gasteiger partial charge is 0.323 e. The fourth-order valence-electron chi connectivity index (χ4n) is 1.01. The van der Waals surface area contributed by atoms with Crippen LogP contribution >= 0.6 is 12.4 Å². The van der Waals surface area contributed by atoms with Crippen LogP contribution < -0.4 is 5.73 Å². The molecule has 0 saturated heterocycles. The number of hydrogen-bond donors (Lipinski definition) is 1. The van der Waals surface area contributed by atoms with Crippen LogP contribution in [0.4, 0.5) is 8.78 Å². The van der Waals surface area contributed by atoms with Crippen molar-refractivity contribution in [2.24, 2.45) is 5.73 Å². The third-order valence-corrected chi connectivity index (χ3v) is 1.67. The van der Waals surface area contributed by atoms with E-state index in [0.717, 1.165) is 12.1 Å². The van der Waals surface area contributed by atoms with E-state index >= 15 is 0 Å². The smallest absolute Gasteiger partial charge is 0.130 e. The average Bonchev–Trinajstić information content (AvgIpc) is 2.04. The van der Waals surface area contributed by atoms with Gasteiger partial charge in [0.1, 0.15) is 11.6 Å². The van der Waals surface area contributed by atoms with E-state index in [0.29, 0.717) is 0 Å².